The van der Waals surface area contributed by atoms with Gasteiger partial charge in [0.05, 0.1) is 12.6 Å². The predicted molar refractivity (Wildman–Crippen MR) is 77.4 cm³/mol. The minimum absolute atomic E-state index is 0.184. The zero-order valence-electron chi connectivity index (χ0n) is 11.5. The zero-order chi connectivity index (χ0) is 13.5. The number of aromatic nitrogens is 1. The second-order valence-corrected chi connectivity index (χ2v) is 4.42. The van der Waals surface area contributed by atoms with Crippen LogP contribution in [0, 0.1) is 0 Å². The summed E-state index contributed by atoms with van der Waals surface area (Å²) in [4.78, 5) is 4.06. The monoisotopic (exact) mass is 256 g/mol. The molecular weight excluding hydrogens is 236 g/mol. The van der Waals surface area contributed by atoms with E-state index in [0.29, 0.717) is 0 Å². The maximum absolute atomic E-state index is 5.60. The van der Waals surface area contributed by atoms with Crippen LogP contribution in [-0.2, 0) is 0 Å². The van der Waals surface area contributed by atoms with Gasteiger partial charge in [0.15, 0.2) is 0 Å². The van der Waals surface area contributed by atoms with Gasteiger partial charge in [-0.1, -0.05) is 19.1 Å². The number of nitrogens with one attached hydrogen (secondary N) is 1. The molecule has 1 atom stereocenters. The van der Waals surface area contributed by atoms with E-state index >= 15 is 0 Å². The van der Waals surface area contributed by atoms with Crippen LogP contribution >= 0.6 is 0 Å². The molecule has 0 fully saturated rings. The second kappa shape index (κ2) is 6.90. The summed E-state index contributed by atoms with van der Waals surface area (Å²) in [5, 5.41) is 3.33. The molecule has 0 radical (unpaired) electrons. The quantitative estimate of drug-likeness (QED) is 0.862. The molecule has 1 aromatic carbocycles. The summed E-state index contributed by atoms with van der Waals surface area (Å²) < 4.78 is 5.60. The predicted octanol–water partition coefficient (Wildman–Crippen LogP) is 3.18. The van der Waals surface area contributed by atoms with Crippen molar-refractivity contribution in [1.82, 2.24) is 10.3 Å². The first-order chi connectivity index (χ1) is 9.35. The van der Waals surface area contributed by atoms with Crippen LogP contribution in [0.3, 0.4) is 0 Å². The summed E-state index contributed by atoms with van der Waals surface area (Å²) in [6.07, 6.45) is 4.66. The van der Waals surface area contributed by atoms with Crippen LogP contribution in [0.15, 0.2) is 48.8 Å². The second-order valence-electron chi connectivity index (χ2n) is 4.42. The Bertz CT molecular complexity index is 482. The van der Waals surface area contributed by atoms with Gasteiger partial charge in [0.25, 0.3) is 0 Å². The van der Waals surface area contributed by atoms with Crippen LogP contribution in [0.5, 0.6) is 5.75 Å². The number of rotatable bonds is 6. The van der Waals surface area contributed by atoms with Crippen molar-refractivity contribution in [3.05, 3.63) is 59.9 Å². The number of hydrogen-bond acceptors (Lipinski definition) is 3. The minimum Gasteiger partial charge on any atom is -0.494 e. The van der Waals surface area contributed by atoms with Crippen LogP contribution in [0.2, 0.25) is 0 Å². The molecule has 100 valence electrons. The molecular formula is C16H20N2O. The van der Waals surface area contributed by atoms with Crippen LogP contribution in [0.1, 0.15) is 30.5 Å². The van der Waals surface area contributed by atoms with Gasteiger partial charge in [-0.25, -0.2) is 0 Å². The summed E-state index contributed by atoms with van der Waals surface area (Å²) in [7, 11) is 1.96. The SMILES string of the molecule is CCCOc1ccc(C(NC)c2ccncc2)cc1. The summed E-state index contributed by atoms with van der Waals surface area (Å²) in [5.41, 5.74) is 2.43. The Morgan fingerprint density at radius 2 is 1.68 bits per heavy atom. The summed E-state index contributed by atoms with van der Waals surface area (Å²) in [6, 6.07) is 12.5. The van der Waals surface area contributed by atoms with Crippen molar-refractivity contribution in [3.63, 3.8) is 0 Å². The van der Waals surface area contributed by atoms with Crippen molar-refractivity contribution in [2.75, 3.05) is 13.7 Å². The van der Waals surface area contributed by atoms with Crippen LogP contribution in [0.4, 0.5) is 0 Å². The third kappa shape index (κ3) is 3.55. The van der Waals surface area contributed by atoms with Crippen LogP contribution in [-0.4, -0.2) is 18.6 Å². The van der Waals surface area contributed by atoms with Gasteiger partial charge >= 0.3 is 0 Å². The van der Waals surface area contributed by atoms with E-state index in [4.69, 9.17) is 4.74 Å². The lowest BCUT2D eigenvalue weighted by atomic mass is 10.00. The molecule has 2 aromatic rings. The standard InChI is InChI=1S/C16H20N2O/c1-3-12-19-15-6-4-13(5-7-15)16(17-2)14-8-10-18-11-9-14/h4-11,16-17H,3,12H2,1-2H3. The summed E-state index contributed by atoms with van der Waals surface area (Å²) in [6.45, 7) is 2.87. The van der Waals surface area contributed by atoms with Crippen molar-refractivity contribution < 1.29 is 4.74 Å². The third-order valence-electron chi connectivity index (χ3n) is 3.01. The highest BCUT2D eigenvalue weighted by atomic mass is 16.5. The maximum Gasteiger partial charge on any atom is 0.119 e. The van der Waals surface area contributed by atoms with E-state index in [1.165, 1.54) is 11.1 Å². The van der Waals surface area contributed by atoms with E-state index in [1.54, 1.807) is 0 Å². The first-order valence-electron chi connectivity index (χ1n) is 6.65. The molecule has 0 saturated carbocycles. The third-order valence-corrected chi connectivity index (χ3v) is 3.01. The Morgan fingerprint density at radius 3 is 2.26 bits per heavy atom. The minimum atomic E-state index is 0.184. The van der Waals surface area contributed by atoms with Crippen molar-refractivity contribution in [2.24, 2.45) is 0 Å². The fraction of sp³-hybridized carbons (Fsp3) is 0.312. The van der Waals surface area contributed by atoms with Gasteiger partial charge < -0.3 is 10.1 Å². The smallest absolute Gasteiger partial charge is 0.119 e. The number of pyridine rings is 1. The average molecular weight is 256 g/mol. The molecule has 0 aliphatic heterocycles. The number of hydrogen-bond donors (Lipinski definition) is 1. The molecule has 1 aromatic heterocycles. The largest absolute Gasteiger partial charge is 0.494 e. The molecule has 3 heteroatoms. The average Bonchev–Trinajstić information content (AvgIpc) is 2.48. The maximum atomic E-state index is 5.60. The number of nitrogens with zero attached hydrogens (tertiary/aromatic N) is 1. The van der Waals surface area contributed by atoms with Gasteiger partial charge in [-0.15, -0.1) is 0 Å². The van der Waals surface area contributed by atoms with Crippen molar-refractivity contribution in [2.45, 2.75) is 19.4 Å². The van der Waals surface area contributed by atoms with E-state index in [-0.39, 0.29) is 6.04 Å². The zero-order valence-corrected chi connectivity index (χ0v) is 11.5. The lowest BCUT2D eigenvalue weighted by Gasteiger charge is -2.17. The molecule has 0 bridgehead atoms. The Balaban J connectivity index is 2.15. The highest BCUT2D eigenvalue weighted by molar-refractivity contribution is 5.34. The molecule has 0 spiro atoms. The van der Waals surface area contributed by atoms with Crippen LogP contribution in [0.25, 0.3) is 0 Å². The van der Waals surface area contributed by atoms with Crippen LogP contribution < -0.4 is 10.1 Å². The molecule has 1 heterocycles. The number of ether oxygens (including phenoxy) is 1. The van der Waals surface area contributed by atoms with Gasteiger partial charge in [-0.2, -0.15) is 0 Å². The fourth-order valence-corrected chi connectivity index (χ4v) is 2.06. The lowest BCUT2D eigenvalue weighted by molar-refractivity contribution is 0.317. The van der Waals surface area contributed by atoms with E-state index in [0.717, 1.165) is 18.8 Å². The lowest BCUT2D eigenvalue weighted by Crippen LogP contribution is -2.17. The Labute approximate surface area is 114 Å². The molecule has 0 aliphatic rings. The first kappa shape index (κ1) is 13.6. The molecule has 1 N–H and O–H groups in total. The molecule has 0 saturated heterocycles. The molecule has 0 aliphatic carbocycles. The van der Waals surface area contributed by atoms with E-state index in [1.807, 2.05) is 43.7 Å². The summed E-state index contributed by atoms with van der Waals surface area (Å²) >= 11 is 0. The molecule has 2 rings (SSSR count). The molecule has 1 unspecified atom stereocenters. The topological polar surface area (TPSA) is 34.1 Å². The van der Waals surface area contributed by atoms with Gasteiger partial charge in [0.2, 0.25) is 0 Å². The number of benzene rings is 1. The van der Waals surface area contributed by atoms with Gasteiger partial charge in [-0.3, -0.25) is 4.98 Å². The Hall–Kier alpha value is -1.87. The Morgan fingerprint density at radius 1 is 1.05 bits per heavy atom. The summed E-state index contributed by atoms with van der Waals surface area (Å²) in [5.74, 6) is 0.926. The molecule has 19 heavy (non-hydrogen) atoms. The van der Waals surface area contributed by atoms with Gasteiger partial charge in [-0.05, 0) is 48.9 Å². The van der Waals surface area contributed by atoms with E-state index in [9.17, 15) is 0 Å². The van der Waals surface area contributed by atoms with Gasteiger partial charge in [0, 0.05) is 12.4 Å². The highest BCUT2D eigenvalue weighted by Crippen LogP contribution is 2.23. The fourth-order valence-electron chi connectivity index (χ4n) is 2.06. The Kier molecular flexibility index (Phi) is 4.93. The van der Waals surface area contributed by atoms with Crippen molar-refractivity contribution >= 4 is 0 Å². The van der Waals surface area contributed by atoms with E-state index < -0.39 is 0 Å². The van der Waals surface area contributed by atoms with E-state index in [2.05, 4.69) is 29.4 Å². The highest BCUT2D eigenvalue weighted by Gasteiger charge is 2.11. The van der Waals surface area contributed by atoms with Gasteiger partial charge in [0.1, 0.15) is 5.75 Å². The molecule has 3 nitrogen and oxygen atoms in total. The normalized spacial score (nSPS) is 12.1. The van der Waals surface area contributed by atoms with Crippen molar-refractivity contribution in [3.8, 4) is 5.75 Å². The molecule has 0 amide bonds. The van der Waals surface area contributed by atoms with Crippen molar-refractivity contribution in [1.29, 1.82) is 0 Å². The first-order valence-corrected chi connectivity index (χ1v) is 6.65.